The predicted octanol–water partition coefficient (Wildman–Crippen LogP) is 5.13. The van der Waals surface area contributed by atoms with Crippen molar-refractivity contribution in [2.75, 3.05) is 18.4 Å². The number of rotatable bonds is 5. The van der Waals surface area contributed by atoms with Crippen LogP contribution in [0.25, 0.3) is 20.8 Å². The quantitative estimate of drug-likeness (QED) is 0.422. The summed E-state index contributed by atoms with van der Waals surface area (Å²) in [6.45, 7) is 0.709. The number of amides is 1. The molecule has 31 heavy (non-hydrogen) atoms. The number of sulfonamides is 1. The van der Waals surface area contributed by atoms with Crippen LogP contribution in [0.3, 0.4) is 0 Å². The highest BCUT2D eigenvalue weighted by atomic mass is 32.2. The molecule has 0 radical (unpaired) electrons. The van der Waals surface area contributed by atoms with Crippen LogP contribution in [-0.4, -0.2) is 36.7 Å². The van der Waals surface area contributed by atoms with Crippen LogP contribution in [0.1, 0.15) is 12.8 Å². The molecule has 3 aromatic heterocycles. The molecule has 0 saturated carbocycles. The van der Waals surface area contributed by atoms with Crippen LogP contribution in [-0.2, 0) is 14.8 Å². The van der Waals surface area contributed by atoms with E-state index in [1.807, 2.05) is 35.7 Å². The molecule has 4 heterocycles. The SMILES string of the molecule is O=C(Nc1sccc1-c1nc2ccccc2s1)C1CCN(S(=O)(=O)c2cccs2)CC1. The lowest BCUT2D eigenvalue weighted by molar-refractivity contribution is -0.120. The molecule has 0 spiro atoms. The summed E-state index contributed by atoms with van der Waals surface area (Å²) < 4.78 is 28.3. The van der Waals surface area contributed by atoms with Gasteiger partial charge in [0.2, 0.25) is 5.91 Å². The van der Waals surface area contributed by atoms with Crippen molar-refractivity contribution in [3.8, 4) is 10.6 Å². The highest BCUT2D eigenvalue weighted by Crippen LogP contribution is 2.38. The molecule has 5 rings (SSSR count). The van der Waals surface area contributed by atoms with Gasteiger partial charge in [-0.2, -0.15) is 4.31 Å². The van der Waals surface area contributed by atoms with Gasteiger partial charge in [0.25, 0.3) is 10.0 Å². The Morgan fingerprint density at radius 2 is 1.84 bits per heavy atom. The van der Waals surface area contributed by atoms with Crippen molar-refractivity contribution in [2.45, 2.75) is 17.1 Å². The normalized spacial score (nSPS) is 16.0. The zero-order chi connectivity index (χ0) is 21.4. The number of fused-ring (bicyclic) bond motifs is 1. The molecule has 0 unspecified atom stereocenters. The first-order valence-electron chi connectivity index (χ1n) is 9.80. The molecule has 1 aliphatic heterocycles. The monoisotopic (exact) mass is 489 g/mol. The number of para-hydroxylation sites is 1. The van der Waals surface area contributed by atoms with E-state index in [1.54, 1.807) is 28.8 Å². The molecule has 1 amide bonds. The molecule has 1 N–H and O–H groups in total. The number of thiophene rings is 2. The molecule has 0 aliphatic carbocycles. The summed E-state index contributed by atoms with van der Waals surface area (Å²) >= 11 is 4.31. The number of nitrogens with zero attached hydrogens (tertiary/aromatic N) is 2. The minimum Gasteiger partial charge on any atom is -0.317 e. The highest BCUT2D eigenvalue weighted by Gasteiger charge is 2.33. The van der Waals surface area contributed by atoms with E-state index in [-0.39, 0.29) is 11.8 Å². The van der Waals surface area contributed by atoms with Crippen molar-refractivity contribution in [1.82, 2.24) is 9.29 Å². The van der Waals surface area contributed by atoms with Gasteiger partial charge in [-0.15, -0.1) is 34.0 Å². The van der Waals surface area contributed by atoms with Gasteiger partial charge in [-0.05, 0) is 47.9 Å². The number of piperidine rings is 1. The third-order valence-corrected chi connectivity index (χ3v) is 10.5. The fraction of sp³-hybridized carbons (Fsp3) is 0.238. The molecule has 1 fully saturated rings. The third kappa shape index (κ3) is 4.06. The predicted molar refractivity (Wildman–Crippen MR) is 127 cm³/mol. The molecule has 160 valence electrons. The number of carbonyl (C=O) groups excluding carboxylic acids is 1. The van der Waals surface area contributed by atoms with Gasteiger partial charge >= 0.3 is 0 Å². The number of aromatic nitrogens is 1. The van der Waals surface area contributed by atoms with Gasteiger partial charge in [-0.25, -0.2) is 13.4 Å². The van der Waals surface area contributed by atoms with E-state index in [2.05, 4.69) is 5.32 Å². The van der Waals surface area contributed by atoms with Crippen LogP contribution in [0, 0.1) is 5.92 Å². The lowest BCUT2D eigenvalue weighted by atomic mass is 9.97. The number of thiazole rings is 1. The summed E-state index contributed by atoms with van der Waals surface area (Å²) in [6.07, 6.45) is 1.02. The van der Waals surface area contributed by atoms with E-state index < -0.39 is 10.0 Å². The van der Waals surface area contributed by atoms with Crippen molar-refractivity contribution in [1.29, 1.82) is 0 Å². The van der Waals surface area contributed by atoms with E-state index >= 15 is 0 Å². The average Bonchev–Trinajstić information content (AvgIpc) is 3.53. The van der Waals surface area contributed by atoms with Crippen molar-refractivity contribution >= 4 is 65.2 Å². The van der Waals surface area contributed by atoms with Gasteiger partial charge in [0.05, 0.1) is 10.2 Å². The topological polar surface area (TPSA) is 79.4 Å². The largest absolute Gasteiger partial charge is 0.317 e. The van der Waals surface area contributed by atoms with Crippen molar-refractivity contribution in [3.05, 3.63) is 53.2 Å². The Labute approximate surface area is 192 Å². The van der Waals surface area contributed by atoms with Crippen LogP contribution in [0.5, 0.6) is 0 Å². The maximum absolute atomic E-state index is 12.9. The van der Waals surface area contributed by atoms with Crippen LogP contribution >= 0.6 is 34.0 Å². The third-order valence-electron chi connectivity index (χ3n) is 5.34. The molecule has 1 aromatic carbocycles. The lowest BCUT2D eigenvalue weighted by Gasteiger charge is -2.30. The van der Waals surface area contributed by atoms with Gasteiger partial charge in [-0.3, -0.25) is 4.79 Å². The molecule has 0 bridgehead atoms. The fourth-order valence-corrected chi connectivity index (χ4v) is 8.14. The number of nitrogens with one attached hydrogen (secondary N) is 1. The van der Waals surface area contributed by atoms with Crippen molar-refractivity contribution in [3.63, 3.8) is 0 Å². The Hall–Kier alpha value is -2.11. The lowest BCUT2D eigenvalue weighted by Crippen LogP contribution is -2.41. The van der Waals surface area contributed by atoms with Gasteiger partial charge in [-0.1, -0.05) is 18.2 Å². The second kappa shape index (κ2) is 8.44. The molecule has 1 saturated heterocycles. The molecule has 0 atom stereocenters. The first-order valence-corrected chi connectivity index (χ1v) is 13.8. The Balaban J connectivity index is 1.26. The average molecular weight is 490 g/mol. The Morgan fingerprint density at radius 1 is 1.03 bits per heavy atom. The summed E-state index contributed by atoms with van der Waals surface area (Å²) in [6, 6.07) is 13.3. The Bertz CT molecular complexity index is 1280. The van der Waals surface area contributed by atoms with E-state index in [1.165, 1.54) is 27.0 Å². The number of anilines is 1. The summed E-state index contributed by atoms with van der Waals surface area (Å²) in [5.74, 6) is -0.266. The van der Waals surface area contributed by atoms with E-state index in [0.29, 0.717) is 30.1 Å². The second-order valence-electron chi connectivity index (χ2n) is 7.25. The zero-order valence-electron chi connectivity index (χ0n) is 16.4. The molecular formula is C21H19N3O3S4. The van der Waals surface area contributed by atoms with Gasteiger partial charge in [0.1, 0.15) is 14.2 Å². The standard InChI is InChI=1S/C21H19N3O3S4/c25-19(14-7-10-24(11-8-14)31(26,27)18-6-3-12-28-18)23-20-15(9-13-29-20)21-22-16-4-1-2-5-17(16)30-21/h1-6,9,12-14H,7-8,10-11H2,(H,23,25). The molecule has 4 aromatic rings. The molecule has 1 aliphatic rings. The fourth-order valence-electron chi connectivity index (χ4n) is 3.67. The zero-order valence-corrected chi connectivity index (χ0v) is 19.6. The summed E-state index contributed by atoms with van der Waals surface area (Å²) in [4.78, 5) is 17.6. The van der Waals surface area contributed by atoms with E-state index in [4.69, 9.17) is 4.98 Å². The van der Waals surface area contributed by atoms with Crippen LogP contribution in [0.2, 0.25) is 0 Å². The molecule has 6 nitrogen and oxygen atoms in total. The maximum Gasteiger partial charge on any atom is 0.252 e. The Morgan fingerprint density at radius 3 is 2.58 bits per heavy atom. The van der Waals surface area contributed by atoms with Gasteiger partial charge in [0.15, 0.2) is 0 Å². The summed E-state index contributed by atoms with van der Waals surface area (Å²) in [5, 5.41) is 8.45. The molecule has 10 heteroatoms. The summed E-state index contributed by atoms with van der Waals surface area (Å²) in [5.41, 5.74) is 1.88. The van der Waals surface area contributed by atoms with E-state index in [0.717, 1.165) is 25.8 Å². The number of carbonyl (C=O) groups is 1. The molecular weight excluding hydrogens is 471 g/mol. The van der Waals surface area contributed by atoms with Gasteiger partial charge < -0.3 is 5.32 Å². The highest BCUT2D eigenvalue weighted by molar-refractivity contribution is 7.91. The number of benzene rings is 1. The maximum atomic E-state index is 12.9. The number of hydrogen-bond donors (Lipinski definition) is 1. The van der Waals surface area contributed by atoms with Crippen LogP contribution < -0.4 is 5.32 Å². The Kier molecular flexibility index (Phi) is 5.65. The number of hydrogen-bond acceptors (Lipinski definition) is 7. The van der Waals surface area contributed by atoms with Crippen molar-refractivity contribution in [2.24, 2.45) is 5.92 Å². The summed E-state index contributed by atoms with van der Waals surface area (Å²) in [7, 11) is -3.46. The first-order chi connectivity index (χ1) is 15.0. The minimum absolute atomic E-state index is 0.0574. The van der Waals surface area contributed by atoms with Crippen LogP contribution in [0.4, 0.5) is 5.00 Å². The van der Waals surface area contributed by atoms with Crippen LogP contribution in [0.15, 0.2) is 57.4 Å². The van der Waals surface area contributed by atoms with E-state index in [9.17, 15) is 13.2 Å². The van der Waals surface area contributed by atoms with Gasteiger partial charge in [0, 0.05) is 24.6 Å². The first kappa shape index (κ1) is 20.8. The smallest absolute Gasteiger partial charge is 0.252 e. The second-order valence-corrected chi connectivity index (χ2v) is 12.3. The minimum atomic E-state index is -3.46. The van der Waals surface area contributed by atoms with Crippen molar-refractivity contribution < 1.29 is 13.2 Å².